The Hall–Kier alpha value is -2.98. The van der Waals surface area contributed by atoms with Gasteiger partial charge in [0, 0.05) is 16.6 Å². The Balaban J connectivity index is 1.66. The molecule has 0 aliphatic carbocycles. The lowest BCUT2D eigenvalue weighted by molar-refractivity contribution is -0.113. The third-order valence-corrected chi connectivity index (χ3v) is 5.83. The quantitative estimate of drug-likeness (QED) is 0.320. The molecule has 3 rings (SSSR count). The molecular formula is C22H21BrFN5O2S. The van der Waals surface area contributed by atoms with E-state index in [1.54, 1.807) is 41.0 Å². The minimum Gasteiger partial charge on any atom is -0.342 e. The molecule has 0 saturated heterocycles. The molecular weight excluding hydrogens is 497 g/mol. The van der Waals surface area contributed by atoms with Crippen molar-refractivity contribution in [3.8, 4) is 0 Å². The molecule has 1 atom stereocenters. The summed E-state index contributed by atoms with van der Waals surface area (Å²) in [4.78, 5) is 24.8. The number of nitrogens with one attached hydrogen (secondary N) is 2. The predicted octanol–water partition coefficient (Wildman–Crippen LogP) is 4.59. The van der Waals surface area contributed by atoms with Crippen molar-refractivity contribution < 1.29 is 14.0 Å². The zero-order valence-corrected chi connectivity index (χ0v) is 19.6. The fourth-order valence-corrected chi connectivity index (χ4v) is 3.96. The fraction of sp³-hybridized carbons (Fsp3) is 0.182. The SMILES string of the molecule is C=CCn1c(SCC(=O)Nc2ccc(Br)cc2F)nnc1[C@H](C)NC(=O)c1ccccc1. The number of aromatic nitrogens is 3. The topological polar surface area (TPSA) is 88.9 Å². The van der Waals surface area contributed by atoms with Crippen LogP contribution in [0.25, 0.3) is 0 Å². The van der Waals surface area contributed by atoms with Crippen molar-refractivity contribution in [2.75, 3.05) is 11.1 Å². The standard InChI is InChI=1S/C22H21BrFN5O2S/c1-3-11-29-20(14(2)25-21(31)15-7-5-4-6-8-15)27-28-22(29)32-13-19(30)26-18-10-9-16(23)12-17(18)24/h3-10,12,14H,1,11,13H2,2H3,(H,25,31)(H,26,30)/t14-/m0/s1. The number of carbonyl (C=O) groups is 2. The highest BCUT2D eigenvalue weighted by molar-refractivity contribution is 9.10. The highest BCUT2D eigenvalue weighted by Gasteiger charge is 2.20. The van der Waals surface area contributed by atoms with Gasteiger partial charge in [0.1, 0.15) is 5.82 Å². The monoisotopic (exact) mass is 517 g/mol. The Labute approximate surface area is 197 Å². The van der Waals surface area contributed by atoms with Gasteiger partial charge < -0.3 is 15.2 Å². The van der Waals surface area contributed by atoms with E-state index in [4.69, 9.17) is 0 Å². The van der Waals surface area contributed by atoms with Crippen molar-refractivity contribution in [3.63, 3.8) is 0 Å². The van der Waals surface area contributed by atoms with Crippen molar-refractivity contribution in [1.82, 2.24) is 20.1 Å². The number of allylic oxidation sites excluding steroid dienone is 1. The number of nitrogens with zero attached hydrogens (tertiary/aromatic N) is 3. The van der Waals surface area contributed by atoms with Crippen LogP contribution in [0.5, 0.6) is 0 Å². The van der Waals surface area contributed by atoms with E-state index in [-0.39, 0.29) is 23.3 Å². The van der Waals surface area contributed by atoms with Gasteiger partial charge in [0.15, 0.2) is 11.0 Å². The van der Waals surface area contributed by atoms with E-state index < -0.39 is 11.9 Å². The van der Waals surface area contributed by atoms with E-state index >= 15 is 0 Å². The average Bonchev–Trinajstić information content (AvgIpc) is 3.18. The number of halogens is 2. The Kier molecular flexibility index (Phi) is 8.18. The van der Waals surface area contributed by atoms with Crippen LogP contribution in [0.15, 0.2) is 70.8 Å². The molecule has 10 heteroatoms. The van der Waals surface area contributed by atoms with Gasteiger partial charge >= 0.3 is 0 Å². The molecule has 0 aliphatic rings. The summed E-state index contributed by atoms with van der Waals surface area (Å²) in [5, 5.41) is 14.3. The van der Waals surface area contributed by atoms with E-state index in [1.165, 1.54) is 12.1 Å². The molecule has 0 unspecified atom stereocenters. The van der Waals surface area contributed by atoms with E-state index in [1.807, 2.05) is 13.0 Å². The second-order valence-electron chi connectivity index (χ2n) is 6.76. The maximum Gasteiger partial charge on any atom is 0.251 e. The molecule has 0 spiro atoms. The molecule has 7 nitrogen and oxygen atoms in total. The van der Waals surface area contributed by atoms with Crippen molar-refractivity contribution in [2.24, 2.45) is 0 Å². The van der Waals surface area contributed by atoms with Gasteiger partial charge in [0.2, 0.25) is 5.91 Å². The van der Waals surface area contributed by atoms with Crippen LogP contribution in [0.2, 0.25) is 0 Å². The van der Waals surface area contributed by atoms with Crippen LogP contribution in [0.3, 0.4) is 0 Å². The summed E-state index contributed by atoms with van der Waals surface area (Å²) < 4.78 is 16.3. The number of anilines is 1. The lowest BCUT2D eigenvalue weighted by Crippen LogP contribution is -2.28. The summed E-state index contributed by atoms with van der Waals surface area (Å²) in [5.41, 5.74) is 0.643. The maximum absolute atomic E-state index is 13.9. The number of carbonyl (C=O) groups excluding carboxylic acids is 2. The van der Waals surface area contributed by atoms with Crippen molar-refractivity contribution in [3.05, 3.63) is 82.9 Å². The van der Waals surface area contributed by atoms with E-state index in [0.29, 0.717) is 27.6 Å². The molecule has 0 radical (unpaired) electrons. The fourth-order valence-electron chi connectivity index (χ4n) is 2.87. The summed E-state index contributed by atoms with van der Waals surface area (Å²) in [5.74, 6) is -0.586. The first-order valence-electron chi connectivity index (χ1n) is 9.66. The summed E-state index contributed by atoms with van der Waals surface area (Å²) in [6, 6.07) is 12.9. The van der Waals surface area contributed by atoms with E-state index in [0.717, 1.165) is 11.8 Å². The Morgan fingerprint density at radius 3 is 2.69 bits per heavy atom. The van der Waals surface area contributed by atoms with Crippen LogP contribution in [0.1, 0.15) is 29.1 Å². The number of thioether (sulfide) groups is 1. The van der Waals surface area contributed by atoms with Crippen LogP contribution in [0.4, 0.5) is 10.1 Å². The van der Waals surface area contributed by atoms with Gasteiger partial charge in [-0.3, -0.25) is 9.59 Å². The van der Waals surface area contributed by atoms with Crippen molar-refractivity contribution >= 4 is 45.2 Å². The van der Waals surface area contributed by atoms with E-state index in [9.17, 15) is 14.0 Å². The van der Waals surface area contributed by atoms with Crippen LogP contribution in [0, 0.1) is 5.82 Å². The van der Waals surface area contributed by atoms with Gasteiger partial charge in [-0.25, -0.2) is 4.39 Å². The number of amides is 2. The zero-order valence-electron chi connectivity index (χ0n) is 17.2. The zero-order chi connectivity index (χ0) is 23.1. The minimum absolute atomic E-state index is 0.00946. The Morgan fingerprint density at radius 1 is 1.25 bits per heavy atom. The summed E-state index contributed by atoms with van der Waals surface area (Å²) >= 11 is 4.34. The molecule has 0 aliphatic heterocycles. The van der Waals surface area contributed by atoms with Crippen molar-refractivity contribution in [2.45, 2.75) is 24.7 Å². The van der Waals surface area contributed by atoms with Crippen LogP contribution < -0.4 is 10.6 Å². The molecule has 3 aromatic rings. The second kappa shape index (κ2) is 11.1. The molecule has 1 aromatic heterocycles. The minimum atomic E-state index is -0.530. The largest absolute Gasteiger partial charge is 0.342 e. The Bertz CT molecular complexity index is 1120. The number of hydrogen-bond donors (Lipinski definition) is 2. The van der Waals surface area contributed by atoms with Gasteiger partial charge in [-0.05, 0) is 37.3 Å². The highest BCUT2D eigenvalue weighted by Crippen LogP contribution is 2.23. The van der Waals surface area contributed by atoms with Crippen LogP contribution in [-0.2, 0) is 11.3 Å². The summed E-state index contributed by atoms with van der Waals surface area (Å²) in [6.07, 6.45) is 1.68. The van der Waals surface area contributed by atoms with Gasteiger partial charge in [-0.15, -0.1) is 16.8 Å². The molecule has 2 aromatic carbocycles. The lowest BCUT2D eigenvalue weighted by Gasteiger charge is -2.15. The van der Waals surface area contributed by atoms with E-state index in [2.05, 4.69) is 43.3 Å². The molecule has 2 N–H and O–H groups in total. The lowest BCUT2D eigenvalue weighted by atomic mass is 10.2. The first-order chi connectivity index (χ1) is 15.4. The molecule has 2 amide bonds. The second-order valence-corrected chi connectivity index (χ2v) is 8.62. The smallest absolute Gasteiger partial charge is 0.251 e. The van der Waals surface area contributed by atoms with Crippen molar-refractivity contribution in [1.29, 1.82) is 0 Å². The number of benzene rings is 2. The van der Waals surface area contributed by atoms with Gasteiger partial charge in [-0.2, -0.15) is 0 Å². The number of hydrogen-bond acceptors (Lipinski definition) is 5. The van der Waals surface area contributed by atoms with Gasteiger partial charge in [0.25, 0.3) is 5.91 Å². The highest BCUT2D eigenvalue weighted by atomic mass is 79.9. The molecule has 166 valence electrons. The first kappa shape index (κ1) is 23.7. The molecule has 32 heavy (non-hydrogen) atoms. The molecule has 1 heterocycles. The Morgan fingerprint density at radius 2 is 2.00 bits per heavy atom. The number of rotatable bonds is 9. The molecule has 0 saturated carbocycles. The normalized spacial score (nSPS) is 11.6. The first-order valence-corrected chi connectivity index (χ1v) is 11.4. The molecule has 0 fully saturated rings. The third kappa shape index (κ3) is 6.04. The third-order valence-electron chi connectivity index (χ3n) is 4.37. The average molecular weight is 518 g/mol. The summed E-state index contributed by atoms with van der Waals surface area (Å²) in [7, 11) is 0. The van der Waals surface area contributed by atoms with Gasteiger partial charge in [0.05, 0.1) is 17.5 Å². The van der Waals surface area contributed by atoms with Gasteiger partial charge in [-0.1, -0.05) is 52.0 Å². The molecule has 0 bridgehead atoms. The maximum atomic E-state index is 13.9. The van der Waals surface area contributed by atoms with Crippen LogP contribution >= 0.6 is 27.7 Å². The van der Waals surface area contributed by atoms with Crippen LogP contribution in [-0.4, -0.2) is 32.3 Å². The summed E-state index contributed by atoms with van der Waals surface area (Å²) in [6.45, 7) is 5.97. The predicted molar refractivity (Wildman–Crippen MR) is 126 cm³/mol.